The van der Waals surface area contributed by atoms with Gasteiger partial charge in [-0.25, -0.2) is 0 Å². The van der Waals surface area contributed by atoms with Crippen molar-refractivity contribution in [3.8, 4) is 0 Å². The quantitative estimate of drug-likeness (QED) is 0.704. The van der Waals surface area contributed by atoms with Gasteiger partial charge < -0.3 is 10.1 Å². The number of nitrogens with zero attached hydrogens (tertiary/aromatic N) is 1. The summed E-state index contributed by atoms with van der Waals surface area (Å²) in [5.74, 6) is 0.859. The highest BCUT2D eigenvalue weighted by Crippen LogP contribution is 2.16. The number of methoxy groups -OCH3 is 1. The van der Waals surface area contributed by atoms with Gasteiger partial charge in [-0.1, -0.05) is 30.3 Å². The lowest BCUT2D eigenvalue weighted by atomic mass is 9.97. The van der Waals surface area contributed by atoms with Gasteiger partial charge in [0.1, 0.15) is 0 Å². The number of nitrogens with one attached hydrogen (secondary N) is 1. The molecule has 1 fully saturated rings. The molecular weight excluding hydrogens is 296 g/mol. The first-order chi connectivity index (χ1) is 10.4. The zero-order valence-corrected chi connectivity index (χ0v) is 14.6. The Morgan fingerprint density at radius 1 is 1.14 bits per heavy atom. The van der Waals surface area contributed by atoms with E-state index in [1.165, 1.54) is 51.0 Å². The first-order valence-corrected chi connectivity index (χ1v) is 8.34. The number of piperidine rings is 1. The molecule has 1 aliphatic heterocycles. The van der Waals surface area contributed by atoms with Gasteiger partial charge in [0.25, 0.3) is 0 Å². The monoisotopic (exact) mass is 326 g/mol. The number of rotatable bonds is 9. The third-order valence-corrected chi connectivity index (χ3v) is 4.30. The molecule has 22 heavy (non-hydrogen) atoms. The fourth-order valence-corrected chi connectivity index (χ4v) is 3.09. The second kappa shape index (κ2) is 11.9. The Balaban J connectivity index is 0.00000242. The van der Waals surface area contributed by atoms with Crippen molar-refractivity contribution in [2.75, 3.05) is 39.9 Å². The maximum atomic E-state index is 5.17. The Kier molecular flexibility index (Phi) is 10.5. The molecule has 0 radical (unpaired) electrons. The van der Waals surface area contributed by atoms with Gasteiger partial charge >= 0.3 is 0 Å². The topological polar surface area (TPSA) is 24.5 Å². The second-order valence-electron chi connectivity index (χ2n) is 6.11. The number of benzene rings is 1. The highest BCUT2D eigenvalue weighted by atomic mass is 35.5. The molecule has 3 nitrogen and oxygen atoms in total. The molecule has 0 amide bonds. The summed E-state index contributed by atoms with van der Waals surface area (Å²) in [4.78, 5) is 2.64. The van der Waals surface area contributed by atoms with E-state index in [9.17, 15) is 0 Å². The van der Waals surface area contributed by atoms with E-state index in [-0.39, 0.29) is 12.4 Å². The third-order valence-electron chi connectivity index (χ3n) is 4.30. The van der Waals surface area contributed by atoms with E-state index in [1.807, 2.05) is 0 Å². The first kappa shape index (κ1) is 19.4. The summed E-state index contributed by atoms with van der Waals surface area (Å²) in [6.45, 7) is 6.76. The minimum absolute atomic E-state index is 0. The van der Waals surface area contributed by atoms with Crippen molar-refractivity contribution in [1.29, 1.82) is 0 Å². The van der Waals surface area contributed by atoms with Crippen LogP contribution in [0.5, 0.6) is 0 Å². The summed E-state index contributed by atoms with van der Waals surface area (Å²) in [5, 5.41) is 3.46. The van der Waals surface area contributed by atoms with Crippen LogP contribution in [-0.4, -0.2) is 44.8 Å². The summed E-state index contributed by atoms with van der Waals surface area (Å²) in [6, 6.07) is 10.9. The van der Waals surface area contributed by atoms with Crippen LogP contribution in [0.15, 0.2) is 30.3 Å². The molecule has 0 aromatic heterocycles. The first-order valence-electron chi connectivity index (χ1n) is 8.34. The van der Waals surface area contributed by atoms with Crippen LogP contribution in [0.2, 0.25) is 0 Å². The smallest absolute Gasteiger partial charge is 0.0462 e. The van der Waals surface area contributed by atoms with Crippen LogP contribution in [0.3, 0.4) is 0 Å². The lowest BCUT2D eigenvalue weighted by molar-refractivity contribution is 0.169. The van der Waals surface area contributed by atoms with Crippen LogP contribution in [0, 0.1) is 5.92 Å². The molecule has 0 bridgehead atoms. The number of ether oxygens (including phenoxy) is 1. The van der Waals surface area contributed by atoms with Crippen molar-refractivity contribution in [3.63, 3.8) is 0 Å². The lowest BCUT2D eigenvalue weighted by Gasteiger charge is -2.30. The summed E-state index contributed by atoms with van der Waals surface area (Å²) in [6.07, 6.45) is 5.03. The van der Waals surface area contributed by atoms with E-state index in [4.69, 9.17) is 4.74 Å². The maximum Gasteiger partial charge on any atom is 0.0462 e. The molecule has 0 unspecified atom stereocenters. The predicted molar refractivity (Wildman–Crippen MR) is 95.7 cm³/mol. The molecule has 1 N–H and O–H groups in total. The molecular formula is C18H31ClN2O. The molecule has 126 valence electrons. The highest BCUT2D eigenvalue weighted by molar-refractivity contribution is 5.85. The van der Waals surface area contributed by atoms with E-state index < -0.39 is 0 Å². The largest absolute Gasteiger partial charge is 0.385 e. The van der Waals surface area contributed by atoms with Crippen molar-refractivity contribution in [1.82, 2.24) is 10.2 Å². The van der Waals surface area contributed by atoms with Crippen LogP contribution in [-0.2, 0) is 11.3 Å². The SMILES string of the molecule is COCCCCN(Cc1ccccc1)CC1CCNCC1.Cl. The zero-order valence-electron chi connectivity index (χ0n) is 13.8. The Labute approximate surface area is 141 Å². The lowest BCUT2D eigenvalue weighted by Crippen LogP contribution is -2.36. The Hall–Kier alpha value is -0.610. The second-order valence-corrected chi connectivity index (χ2v) is 6.11. The van der Waals surface area contributed by atoms with Crippen LogP contribution >= 0.6 is 12.4 Å². The fraction of sp³-hybridized carbons (Fsp3) is 0.667. The molecule has 1 heterocycles. The minimum atomic E-state index is 0. The van der Waals surface area contributed by atoms with Gasteiger partial charge in [-0.05, 0) is 56.8 Å². The van der Waals surface area contributed by atoms with Crippen LogP contribution < -0.4 is 5.32 Å². The van der Waals surface area contributed by atoms with Crippen molar-refractivity contribution < 1.29 is 4.74 Å². The van der Waals surface area contributed by atoms with Gasteiger partial charge in [0.15, 0.2) is 0 Å². The molecule has 0 aliphatic carbocycles. The van der Waals surface area contributed by atoms with Gasteiger partial charge in [0.2, 0.25) is 0 Å². The van der Waals surface area contributed by atoms with Gasteiger partial charge in [0.05, 0.1) is 0 Å². The Morgan fingerprint density at radius 2 is 1.86 bits per heavy atom. The zero-order chi connectivity index (χ0) is 14.8. The van der Waals surface area contributed by atoms with Crippen LogP contribution in [0.4, 0.5) is 0 Å². The van der Waals surface area contributed by atoms with Crippen LogP contribution in [0.1, 0.15) is 31.2 Å². The molecule has 2 rings (SSSR count). The summed E-state index contributed by atoms with van der Waals surface area (Å²) in [5.41, 5.74) is 1.43. The molecule has 1 aromatic carbocycles. The average molecular weight is 327 g/mol. The number of hydrogen-bond donors (Lipinski definition) is 1. The average Bonchev–Trinajstić information content (AvgIpc) is 2.53. The molecule has 0 spiro atoms. The number of unbranched alkanes of at least 4 members (excludes halogenated alkanes) is 1. The summed E-state index contributed by atoms with van der Waals surface area (Å²) in [7, 11) is 1.79. The molecule has 1 aromatic rings. The Bertz CT molecular complexity index is 369. The van der Waals surface area contributed by atoms with E-state index >= 15 is 0 Å². The fourth-order valence-electron chi connectivity index (χ4n) is 3.09. The van der Waals surface area contributed by atoms with E-state index in [0.717, 1.165) is 25.5 Å². The summed E-state index contributed by atoms with van der Waals surface area (Å²) >= 11 is 0. The predicted octanol–water partition coefficient (Wildman–Crippen LogP) is 3.34. The van der Waals surface area contributed by atoms with Gasteiger partial charge in [-0.15, -0.1) is 12.4 Å². The molecule has 0 atom stereocenters. The van der Waals surface area contributed by atoms with Crippen molar-refractivity contribution in [2.45, 2.75) is 32.2 Å². The third kappa shape index (κ3) is 7.59. The molecule has 0 saturated carbocycles. The minimum Gasteiger partial charge on any atom is -0.385 e. The molecule has 1 saturated heterocycles. The van der Waals surface area contributed by atoms with Gasteiger partial charge in [-0.3, -0.25) is 4.90 Å². The molecule has 4 heteroatoms. The van der Waals surface area contributed by atoms with E-state index in [2.05, 4.69) is 40.5 Å². The number of halogens is 1. The van der Waals surface area contributed by atoms with Crippen LogP contribution in [0.25, 0.3) is 0 Å². The standard InChI is InChI=1S/C18H30N2O.ClH/c1-21-14-6-5-13-20(15-17-7-3-2-4-8-17)16-18-9-11-19-12-10-18;/h2-4,7-8,18-19H,5-6,9-16H2,1H3;1H. The van der Waals surface area contributed by atoms with Crippen molar-refractivity contribution in [3.05, 3.63) is 35.9 Å². The molecule has 1 aliphatic rings. The van der Waals surface area contributed by atoms with Crippen molar-refractivity contribution in [2.24, 2.45) is 5.92 Å². The van der Waals surface area contributed by atoms with Gasteiger partial charge in [0, 0.05) is 26.8 Å². The summed E-state index contributed by atoms with van der Waals surface area (Å²) < 4.78 is 5.17. The van der Waals surface area contributed by atoms with E-state index in [0.29, 0.717) is 0 Å². The highest BCUT2D eigenvalue weighted by Gasteiger charge is 2.17. The number of hydrogen-bond acceptors (Lipinski definition) is 3. The van der Waals surface area contributed by atoms with E-state index in [1.54, 1.807) is 7.11 Å². The van der Waals surface area contributed by atoms with Gasteiger partial charge in [-0.2, -0.15) is 0 Å². The maximum absolute atomic E-state index is 5.17. The Morgan fingerprint density at radius 3 is 2.55 bits per heavy atom. The van der Waals surface area contributed by atoms with Crippen molar-refractivity contribution >= 4 is 12.4 Å². The normalized spacial score (nSPS) is 15.7.